The van der Waals surface area contributed by atoms with E-state index in [0.29, 0.717) is 22.4 Å². The Kier molecular flexibility index (Phi) is 5.18. The Bertz CT molecular complexity index is 2020. The van der Waals surface area contributed by atoms with Crippen LogP contribution in [0, 0.1) is 30.0 Å². The van der Waals surface area contributed by atoms with Crippen molar-refractivity contribution in [3.05, 3.63) is 102 Å². The highest BCUT2D eigenvalue weighted by Crippen LogP contribution is 2.42. The van der Waals surface area contributed by atoms with Gasteiger partial charge in [-0.2, -0.15) is 5.26 Å². The largest absolute Gasteiger partial charge is 0.454 e. The van der Waals surface area contributed by atoms with Crippen LogP contribution in [-0.4, -0.2) is 0 Å². The molecule has 6 aromatic rings. The number of fused-ring (bicyclic) bond motifs is 4. The van der Waals surface area contributed by atoms with E-state index in [-0.39, 0.29) is 5.56 Å². The predicted molar refractivity (Wildman–Crippen MR) is 151 cm³/mol. The van der Waals surface area contributed by atoms with Crippen LogP contribution < -0.4 is 4.57 Å². The number of hydrogen-bond donors (Lipinski definition) is 0. The highest BCUT2D eigenvalue weighted by molar-refractivity contribution is 6.14. The van der Waals surface area contributed by atoms with Gasteiger partial charge in [-0.15, -0.1) is 0 Å². The van der Waals surface area contributed by atoms with Gasteiger partial charge < -0.3 is 4.42 Å². The Labute approximate surface area is 224 Å². The van der Waals surface area contributed by atoms with Crippen molar-refractivity contribution < 1.29 is 16.1 Å². The number of halogens is 1. The van der Waals surface area contributed by atoms with Crippen molar-refractivity contribution in [2.75, 3.05) is 0 Å². The summed E-state index contributed by atoms with van der Waals surface area (Å²) in [7, 11) is 1.80. The lowest BCUT2D eigenvalue weighted by molar-refractivity contribution is -0.661. The first-order valence-corrected chi connectivity index (χ1v) is 12.7. The van der Waals surface area contributed by atoms with Gasteiger partial charge in [-0.25, -0.2) is 8.96 Å². The third-order valence-corrected chi connectivity index (χ3v) is 7.10. The number of aromatic nitrogens is 1. The molecule has 186 valence electrons. The van der Waals surface area contributed by atoms with Crippen LogP contribution in [0.5, 0.6) is 0 Å². The van der Waals surface area contributed by atoms with Crippen molar-refractivity contribution in [3.63, 3.8) is 0 Å². The molecular weight excluding hydrogens is 471 g/mol. The molecule has 0 aliphatic rings. The van der Waals surface area contributed by atoms with Crippen molar-refractivity contribution in [1.82, 2.24) is 0 Å². The van der Waals surface area contributed by atoms with Crippen molar-refractivity contribution in [1.29, 1.82) is 5.26 Å². The van der Waals surface area contributed by atoms with Gasteiger partial charge in [0.1, 0.15) is 24.0 Å². The average Bonchev–Trinajstić information content (AvgIpc) is 3.31. The summed E-state index contributed by atoms with van der Waals surface area (Å²) in [6, 6.07) is 25.7. The van der Waals surface area contributed by atoms with E-state index in [1.165, 1.54) is 6.07 Å². The molecule has 38 heavy (non-hydrogen) atoms. The minimum absolute atomic E-state index is 0.0282. The molecule has 0 saturated carbocycles. The first-order valence-electron chi connectivity index (χ1n) is 13.7. The van der Waals surface area contributed by atoms with Crippen LogP contribution in [-0.2, 0) is 13.4 Å². The van der Waals surface area contributed by atoms with Crippen LogP contribution in [0.1, 0.15) is 33.3 Å². The van der Waals surface area contributed by atoms with Gasteiger partial charge in [0.15, 0.2) is 6.20 Å². The third kappa shape index (κ3) is 3.83. The number of nitriles is 1. The number of rotatable bonds is 4. The molecule has 2 heterocycles. The molecule has 0 amide bonds. The number of furan rings is 1. The first-order chi connectivity index (χ1) is 19.1. The Morgan fingerprint density at radius 3 is 2.39 bits per heavy atom. The maximum Gasteiger partial charge on any atom is 0.219 e. The molecule has 0 aliphatic heterocycles. The van der Waals surface area contributed by atoms with Crippen LogP contribution in [0.4, 0.5) is 4.39 Å². The zero-order chi connectivity index (χ0) is 28.3. The Hall–Kier alpha value is -4.49. The molecule has 0 N–H and O–H groups in total. The summed E-state index contributed by atoms with van der Waals surface area (Å²) >= 11 is 0. The molecule has 0 unspecified atom stereocenters. The first kappa shape index (κ1) is 21.6. The molecule has 0 bridgehead atoms. The van der Waals surface area contributed by atoms with Gasteiger partial charge in [-0.05, 0) is 59.3 Å². The quantitative estimate of drug-likeness (QED) is 0.228. The fraction of sp³-hybridized carbons (Fsp3) is 0.176. The number of aryl methyl sites for hydroxylation is 2. The van der Waals surface area contributed by atoms with Crippen molar-refractivity contribution in [3.8, 4) is 28.5 Å². The van der Waals surface area contributed by atoms with Crippen molar-refractivity contribution >= 4 is 32.7 Å². The van der Waals surface area contributed by atoms with Crippen LogP contribution in [0.3, 0.4) is 0 Å². The van der Waals surface area contributed by atoms with E-state index in [1.807, 2.05) is 61.5 Å². The van der Waals surface area contributed by atoms with E-state index in [1.54, 1.807) is 31.7 Å². The van der Waals surface area contributed by atoms with Gasteiger partial charge in [0.25, 0.3) is 0 Å². The summed E-state index contributed by atoms with van der Waals surface area (Å²) in [6.07, 6.45) is -0.275. The zero-order valence-corrected chi connectivity index (χ0v) is 21.8. The lowest BCUT2D eigenvalue weighted by Gasteiger charge is -2.09. The fourth-order valence-electron chi connectivity index (χ4n) is 5.34. The second-order valence-electron chi connectivity index (χ2n) is 10.1. The SMILES string of the molecule is [2H]C([2H])(c1c[n+](C)c(-c2c(C)ccc3c2oc2c(-c4ccc5ccccc5c4)c(C#N)ccc23)cc1F)C(C)C. The molecule has 6 rings (SSSR count). The minimum Gasteiger partial charge on any atom is -0.454 e. The average molecular weight is 502 g/mol. The molecule has 0 aliphatic carbocycles. The van der Waals surface area contributed by atoms with Crippen molar-refractivity contribution in [2.45, 2.75) is 27.1 Å². The highest BCUT2D eigenvalue weighted by atomic mass is 19.1. The van der Waals surface area contributed by atoms with E-state index < -0.39 is 18.1 Å². The third-order valence-electron chi connectivity index (χ3n) is 7.10. The molecular formula is C34H28FN2O+. The molecule has 4 aromatic carbocycles. The molecule has 0 atom stereocenters. The molecule has 4 heteroatoms. The van der Waals surface area contributed by atoms with Crippen LogP contribution >= 0.6 is 0 Å². The summed E-state index contributed by atoms with van der Waals surface area (Å²) in [5, 5.41) is 13.9. The number of hydrogen-bond acceptors (Lipinski definition) is 2. The second kappa shape index (κ2) is 9.11. The molecule has 2 aromatic heterocycles. The molecule has 0 radical (unpaired) electrons. The smallest absolute Gasteiger partial charge is 0.219 e. The number of pyridine rings is 1. The summed E-state index contributed by atoms with van der Waals surface area (Å²) in [4.78, 5) is 0. The van der Waals surface area contributed by atoms with Crippen LogP contribution in [0.25, 0.3) is 55.1 Å². The van der Waals surface area contributed by atoms with Gasteiger partial charge in [0.2, 0.25) is 5.69 Å². The minimum atomic E-state index is -1.82. The lowest BCUT2D eigenvalue weighted by Crippen LogP contribution is -2.32. The Balaban J connectivity index is 1.64. The van der Waals surface area contributed by atoms with Gasteiger partial charge in [0, 0.05) is 25.1 Å². The summed E-state index contributed by atoms with van der Waals surface area (Å²) in [6.45, 7) is 5.44. The number of nitrogens with zero attached hydrogens (tertiary/aromatic N) is 2. The highest BCUT2D eigenvalue weighted by Gasteiger charge is 2.25. The van der Waals surface area contributed by atoms with E-state index in [4.69, 9.17) is 7.16 Å². The van der Waals surface area contributed by atoms with Gasteiger partial charge in [-0.3, -0.25) is 0 Å². The van der Waals surface area contributed by atoms with E-state index in [0.717, 1.165) is 43.8 Å². The molecule has 0 fully saturated rings. The normalized spacial score (nSPS) is 12.8. The van der Waals surface area contributed by atoms with Crippen LogP contribution in [0.15, 0.2) is 83.4 Å². The van der Waals surface area contributed by atoms with Crippen molar-refractivity contribution in [2.24, 2.45) is 13.0 Å². The summed E-state index contributed by atoms with van der Waals surface area (Å²) in [5.41, 5.74) is 5.56. The van der Waals surface area contributed by atoms with E-state index >= 15 is 4.39 Å². The van der Waals surface area contributed by atoms with E-state index in [2.05, 4.69) is 18.2 Å². The molecule has 3 nitrogen and oxygen atoms in total. The Morgan fingerprint density at radius 2 is 1.66 bits per heavy atom. The molecule has 0 spiro atoms. The summed E-state index contributed by atoms with van der Waals surface area (Å²) < 4.78 is 40.8. The second-order valence-corrected chi connectivity index (χ2v) is 10.1. The zero-order valence-electron chi connectivity index (χ0n) is 23.8. The van der Waals surface area contributed by atoms with Gasteiger partial charge in [-0.1, -0.05) is 62.4 Å². The van der Waals surface area contributed by atoms with E-state index in [9.17, 15) is 5.26 Å². The maximum atomic E-state index is 15.5. The monoisotopic (exact) mass is 501 g/mol. The molecule has 0 saturated heterocycles. The van der Waals surface area contributed by atoms with Gasteiger partial charge >= 0.3 is 0 Å². The number of benzene rings is 4. The van der Waals surface area contributed by atoms with Gasteiger partial charge in [0.05, 0.1) is 22.8 Å². The Morgan fingerprint density at radius 1 is 0.947 bits per heavy atom. The lowest BCUT2D eigenvalue weighted by atomic mass is 9.94. The maximum absolute atomic E-state index is 15.5. The topological polar surface area (TPSA) is 40.8 Å². The van der Waals surface area contributed by atoms with Crippen LogP contribution in [0.2, 0.25) is 0 Å². The predicted octanol–water partition coefficient (Wildman–Crippen LogP) is 8.42. The summed E-state index contributed by atoms with van der Waals surface area (Å²) in [5.74, 6) is -0.987. The fourth-order valence-corrected chi connectivity index (χ4v) is 5.34. The standard InChI is InChI=1S/C34H28FN2O/c1-20(2)15-26-19-37(4)30(17-29(26)35)31-21(3)9-13-27-28-14-12-25(18-36)32(34(28)38-33(27)31)24-11-10-22-7-5-6-8-23(22)16-24/h5-14,16-17,19-20H,15H2,1-4H3/q+1/i15D2.